The second kappa shape index (κ2) is 15.0. The quantitative estimate of drug-likeness (QED) is 0.165. The van der Waals surface area contributed by atoms with Crippen molar-refractivity contribution < 1.29 is 9.53 Å². The van der Waals surface area contributed by atoms with Crippen LogP contribution >= 0.6 is 0 Å². The van der Waals surface area contributed by atoms with Gasteiger partial charge in [0, 0.05) is 23.2 Å². The van der Waals surface area contributed by atoms with Crippen LogP contribution in [-0.2, 0) is 9.53 Å². The molecular weight excluding hydrogens is 803 g/mol. The molecule has 2 aliphatic heterocycles. The first-order valence-electron chi connectivity index (χ1n) is 24.5. The first kappa shape index (κ1) is 38.3. The number of anilines is 1. The second-order valence-corrected chi connectivity index (χ2v) is 19.7. The number of carbonyl (C=O) groups excluding carboxylic acids is 1. The highest BCUT2D eigenvalue weighted by molar-refractivity contribution is 5.91. The highest BCUT2D eigenvalue weighted by Gasteiger charge is 2.47. The van der Waals surface area contributed by atoms with Crippen LogP contribution in [0.4, 0.5) is 5.69 Å². The summed E-state index contributed by atoms with van der Waals surface area (Å²) in [5.41, 5.74) is 25.7. The van der Waals surface area contributed by atoms with E-state index in [0.717, 1.165) is 63.5 Å². The van der Waals surface area contributed by atoms with Gasteiger partial charge in [-0.15, -0.1) is 0 Å². The Balaban J connectivity index is 0.856. The number of para-hydroxylation sites is 1. The monoisotopic (exact) mass is 853 g/mol. The van der Waals surface area contributed by atoms with Gasteiger partial charge in [0.2, 0.25) is 0 Å². The fourth-order valence-corrected chi connectivity index (χ4v) is 13.4. The summed E-state index contributed by atoms with van der Waals surface area (Å²) in [6, 6.07) is 37.0. The van der Waals surface area contributed by atoms with E-state index in [1.54, 1.807) is 0 Å². The molecule has 4 aromatic carbocycles. The molecule has 14 rings (SSSR count). The molecule has 0 fully saturated rings. The normalized spacial score (nSPS) is 26.4. The largest absolute Gasteiger partial charge is 0.426 e. The maximum absolute atomic E-state index is 13.6. The van der Waals surface area contributed by atoms with Crippen molar-refractivity contribution >= 4 is 22.8 Å². The van der Waals surface area contributed by atoms with Gasteiger partial charge < -0.3 is 9.64 Å². The van der Waals surface area contributed by atoms with Crippen LogP contribution in [0.5, 0.6) is 0 Å². The highest BCUT2D eigenvalue weighted by atomic mass is 16.5. The van der Waals surface area contributed by atoms with Gasteiger partial charge in [-0.25, -0.2) is 0 Å². The fourth-order valence-electron chi connectivity index (χ4n) is 13.4. The van der Waals surface area contributed by atoms with E-state index in [0.29, 0.717) is 12.0 Å². The number of ether oxygens (including phenoxy) is 1. The number of allylic oxidation sites excluding steroid dienone is 18. The zero-order valence-electron chi connectivity index (χ0n) is 37.2. The minimum atomic E-state index is -0.222. The Labute approximate surface area is 388 Å². The van der Waals surface area contributed by atoms with Crippen LogP contribution in [0.15, 0.2) is 226 Å². The molecule has 0 saturated carbocycles. The average molecular weight is 854 g/mol. The van der Waals surface area contributed by atoms with E-state index in [4.69, 9.17) is 4.74 Å². The minimum Gasteiger partial charge on any atom is -0.426 e. The molecule has 2 heterocycles. The molecule has 0 spiro atoms. The molecule has 10 aliphatic rings. The van der Waals surface area contributed by atoms with Crippen molar-refractivity contribution in [3.63, 3.8) is 0 Å². The third-order valence-corrected chi connectivity index (χ3v) is 16.3. The van der Waals surface area contributed by atoms with E-state index in [1.807, 2.05) is 6.08 Å². The summed E-state index contributed by atoms with van der Waals surface area (Å²) in [6.07, 6.45) is 37.5. The van der Waals surface area contributed by atoms with Crippen molar-refractivity contribution in [2.24, 2.45) is 17.8 Å². The Morgan fingerprint density at radius 1 is 0.606 bits per heavy atom. The summed E-state index contributed by atoms with van der Waals surface area (Å²) < 4.78 is 6.00. The molecule has 3 heteroatoms. The predicted octanol–water partition coefficient (Wildman–Crippen LogP) is 14.7. The van der Waals surface area contributed by atoms with E-state index in [9.17, 15) is 4.79 Å². The third-order valence-electron chi connectivity index (χ3n) is 16.3. The Bertz CT molecular complexity index is 3220. The Morgan fingerprint density at radius 3 is 2.06 bits per heavy atom. The van der Waals surface area contributed by atoms with E-state index in [1.165, 1.54) is 106 Å². The van der Waals surface area contributed by atoms with Gasteiger partial charge in [-0.2, -0.15) is 0 Å². The zero-order valence-corrected chi connectivity index (χ0v) is 37.2. The Morgan fingerprint density at radius 2 is 1.30 bits per heavy atom. The molecule has 5 unspecified atom stereocenters. The van der Waals surface area contributed by atoms with Crippen molar-refractivity contribution in [3.8, 4) is 11.1 Å². The zero-order chi connectivity index (χ0) is 43.5. The van der Waals surface area contributed by atoms with Gasteiger partial charge in [-0.1, -0.05) is 133 Å². The van der Waals surface area contributed by atoms with Gasteiger partial charge in [-0.05, 0) is 195 Å². The second-order valence-electron chi connectivity index (χ2n) is 19.7. The van der Waals surface area contributed by atoms with Gasteiger partial charge in [0.1, 0.15) is 5.76 Å². The maximum Gasteiger partial charge on any atom is 0.319 e. The van der Waals surface area contributed by atoms with Crippen LogP contribution in [0.3, 0.4) is 0 Å². The smallest absolute Gasteiger partial charge is 0.319 e. The van der Waals surface area contributed by atoms with E-state index in [2.05, 4.69) is 169 Å². The van der Waals surface area contributed by atoms with Gasteiger partial charge in [0.05, 0.1) is 12.0 Å². The lowest BCUT2D eigenvalue weighted by molar-refractivity contribution is -0.143. The first-order chi connectivity index (χ1) is 32.6. The summed E-state index contributed by atoms with van der Waals surface area (Å²) in [5, 5.41) is 0. The molecule has 3 nitrogen and oxygen atoms in total. The number of nitrogens with zero attached hydrogens (tertiary/aromatic N) is 1. The maximum atomic E-state index is 13.6. The van der Waals surface area contributed by atoms with Crippen LogP contribution in [0.25, 0.3) is 22.3 Å². The van der Waals surface area contributed by atoms with Crippen molar-refractivity contribution in [1.82, 2.24) is 0 Å². The molecule has 320 valence electrons. The van der Waals surface area contributed by atoms with Crippen LogP contribution in [-0.4, -0.2) is 12.0 Å². The molecule has 66 heavy (non-hydrogen) atoms. The molecule has 4 aromatic rings. The van der Waals surface area contributed by atoms with Gasteiger partial charge in [-0.3, -0.25) is 4.79 Å². The van der Waals surface area contributed by atoms with E-state index < -0.39 is 0 Å². The van der Waals surface area contributed by atoms with Crippen LogP contribution < -0.4 is 4.90 Å². The van der Waals surface area contributed by atoms with E-state index >= 15 is 0 Å². The molecule has 0 N–H and O–H groups in total. The SMILES string of the molecule is O=C1OC2=C(CCC=C2)C2=CC3=C(CC12)C(C1=CCCC=C1)C1CC=C(c2ccc4c(c2)-c2cc(C5=CCC6C(=C5)C5=C(C=CCC5)N6c5ccccc5)ccc2C4c2ccccc2)C=C31. The number of rotatable bonds is 5. The molecule has 5 atom stereocenters. The predicted molar refractivity (Wildman–Crippen MR) is 267 cm³/mol. The van der Waals surface area contributed by atoms with Crippen molar-refractivity contribution in [1.29, 1.82) is 0 Å². The summed E-state index contributed by atoms with van der Waals surface area (Å²) in [7, 11) is 0. The lowest BCUT2D eigenvalue weighted by Crippen LogP contribution is -2.31. The average Bonchev–Trinajstić information content (AvgIpc) is 4.01. The number of hydrogen-bond acceptors (Lipinski definition) is 3. The van der Waals surface area contributed by atoms with Crippen LogP contribution in [0.1, 0.15) is 91.5 Å². The number of benzene rings is 4. The lowest BCUT2D eigenvalue weighted by Gasteiger charge is -2.34. The minimum absolute atomic E-state index is 0.0925. The van der Waals surface area contributed by atoms with Gasteiger partial charge >= 0.3 is 5.97 Å². The summed E-state index contributed by atoms with van der Waals surface area (Å²) in [6.45, 7) is 0. The molecule has 8 aliphatic carbocycles. The molecule has 0 aromatic heterocycles. The number of carbonyl (C=O) groups is 1. The van der Waals surface area contributed by atoms with Crippen molar-refractivity contribution in [2.75, 3.05) is 4.90 Å². The summed E-state index contributed by atoms with van der Waals surface area (Å²) >= 11 is 0. The molecule has 0 bridgehead atoms. The standard InChI is InChI=1S/C63H51NO2/c65-63-57-37-56-54(36-53(57)46-21-11-13-23-60(46)66-63)52-34-41(26-30-49(52)62(56)39-16-6-2-7-17-39)40-24-28-47-50(32-40)51-33-42(25-29-48(51)61(47)38-14-4-1-5-15-38)43-27-31-59-55(35-43)45-20-10-12-22-58(45)64(59)44-18-8-3-9-19-44/h1,3-6,8-9,12-19,22-29,32-36,49,57,59,61-62H,2,7,10-11,20-21,30-31,37H2. The van der Waals surface area contributed by atoms with Crippen LogP contribution in [0, 0.1) is 17.8 Å². The third kappa shape index (κ3) is 5.84. The number of fused-ring (bicyclic) bond motifs is 9. The first-order valence-corrected chi connectivity index (χ1v) is 24.5. The topological polar surface area (TPSA) is 29.5 Å². The van der Waals surface area contributed by atoms with Gasteiger partial charge in [0.25, 0.3) is 0 Å². The van der Waals surface area contributed by atoms with Crippen molar-refractivity contribution in [3.05, 3.63) is 254 Å². The van der Waals surface area contributed by atoms with Gasteiger partial charge in [0.15, 0.2) is 0 Å². The Hall–Kier alpha value is -6.97. The molecule has 0 amide bonds. The molecular formula is C63H51NO2. The number of hydrogen-bond donors (Lipinski definition) is 0. The lowest BCUT2D eigenvalue weighted by atomic mass is 9.73. The van der Waals surface area contributed by atoms with Crippen LogP contribution in [0.2, 0.25) is 0 Å². The molecule has 0 saturated heterocycles. The highest BCUT2D eigenvalue weighted by Crippen LogP contribution is 2.58. The fraction of sp³-hybridized carbons (Fsp3) is 0.222. The molecule has 0 radical (unpaired) electrons. The number of esters is 1. The summed E-state index contributed by atoms with van der Waals surface area (Å²) in [4.78, 5) is 16.2. The van der Waals surface area contributed by atoms with E-state index in [-0.39, 0.29) is 23.7 Å². The summed E-state index contributed by atoms with van der Waals surface area (Å²) in [5.74, 6) is 1.27. The van der Waals surface area contributed by atoms with Crippen molar-refractivity contribution in [2.45, 2.75) is 69.7 Å². The Kier molecular flexibility index (Phi) is 8.73.